The minimum Gasteiger partial charge on any atom is -0.285 e. The standard InChI is InChI=1S/C23H18N2.C2H6/c1-2-5-18-12-16(8-9-17(18)4-1)13-19-6-3-7-23-21(19)10-11-22(23)20-14-24-25-15-20;1-2/h1-12,14-15,23H,13H2,(H,24,25);1-2H3. The SMILES string of the molecule is C1=CC2C(=CC=C2c2cn[nH]c2)C(Cc2ccc3ccccc3c2)=C1.CC. The van der Waals surface area contributed by atoms with Gasteiger partial charge in [-0.3, -0.25) is 5.10 Å². The zero-order valence-corrected chi connectivity index (χ0v) is 15.8. The van der Waals surface area contributed by atoms with E-state index in [4.69, 9.17) is 0 Å². The predicted octanol–water partition coefficient (Wildman–Crippen LogP) is 6.27. The molecule has 1 N–H and O–H groups in total. The lowest BCUT2D eigenvalue weighted by Gasteiger charge is -2.21. The molecular weight excluding hydrogens is 328 g/mol. The zero-order valence-electron chi connectivity index (χ0n) is 15.8. The van der Waals surface area contributed by atoms with Crippen LogP contribution in [0.2, 0.25) is 0 Å². The van der Waals surface area contributed by atoms with Gasteiger partial charge in [-0.25, -0.2) is 0 Å². The van der Waals surface area contributed by atoms with Gasteiger partial charge in [-0.2, -0.15) is 5.10 Å². The van der Waals surface area contributed by atoms with Gasteiger partial charge in [-0.15, -0.1) is 0 Å². The summed E-state index contributed by atoms with van der Waals surface area (Å²) >= 11 is 0. The average Bonchev–Trinajstić information content (AvgIpc) is 3.39. The molecule has 0 radical (unpaired) electrons. The molecule has 2 nitrogen and oxygen atoms in total. The number of nitrogens with one attached hydrogen (secondary N) is 1. The van der Waals surface area contributed by atoms with Crippen molar-refractivity contribution in [3.8, 4) is 0 Å². The number of nitrogens with zero attached hydrogens (tertiary/aromatic N) is 1. The van der Waals surface area contributed by atoms with Gasteiger partial charge in [0.25, 0.3) is 0 Å². The van der Waals surface area contributed by atoms with E-state index in [1.807, 2.05) is 26.2 Å². The van der Waals surface area contributed by atoms with E-state index in [0.717, 1.165) is 6.42 Å². The Hall–Kier alpha value is -3.13. The molecule has 0 amide bonds. The third kappa shape index (κ3) is 3.31. The molecule has 5 rings (SSSR count). The van der Waals surface area contributed by atoms with Crippen LogP contribution in [0.25, 0.3) is 16.3 Å². The maximum absolute atomic E-state index is 4.09. The van der Waals surface area contributed by atoms with Crippen molar-refractivity contribution >= 4 is 16.3 Å². The highest BCUT2D eigenvalue weighted by atomic mass is 15.1. The van der Waals surface area contributed by atoms with Crippen molar-refractivity contribution in [2.75, 3.05) is 0 Å². The molecule has 3 aromatic rings. The van der Waals surface area contributed by atoms with Crippen molar-refractivity contribution in [1.82, 2.24) is 10.2 Å². The van der Waals surface area contributed by atoms with E-state index in [1.165, 1.54) is 38.6 Å². The fourth-order valence-electron chi connectivity index (χ4n) is 3.86. The third-order valence-corrected chi connectivity index (χ3v) is 5.12. The van der Waals surface area contributed by atoms with Crippen LogP contribution in [0.3, 0.4) is 0 Å². The molecule has 2 heteroatoms. The van der Waals surface area contributed by atoms with Gasteiger partial charge in [0, 0.05) is 17.7 Å². The number of fused-ring (bicyclic) bond motifs is 2. The summed E-state index contributed by atoms with van der Waals surface area (Å²) in [7, 11) is 0. The Bertz CT molecular complexity index is 1060. The third-order valence-electron chi connectivity index (χ3n) is 5.12. The zero-order chi connectivity index (χ0) is 18.6. The summed E-state index contributed by atoms with van der Waals surface area (Å²) in [5, 5.41) is 9.61. The van der Waals surface area contributed by atoms with Crippen molar-refractivity contribution < 1.29 is 0 Å². The first-order valence-corrected chi connectivity index (χ1v) is 9.65. The Balaban J connectivity index is 0.000000872. The van der Waals surface area contributed by atoms with E-state index in [0.29, 0.717) is 5.92 Å². The van der Waals surface area contributed by atoms with Crippen molar-refractivity contribution in [3.63, 3.8) is 0 Å². The van der Waals surface area contributed by atoms with Crippen LogP contribution in [0.5, 0.6) is 0 Å². The molecule has 0 saturated carbocycles. The number of allylic oxidation sites excluding steroid dienone is 8. The molecule has 1 aromatic heterocycles. The summed E-state index contributed by atoms with van der Waals surface area (Å²) in [5.74, 6) is 0.345. The Morgan fingerprint density at radius 1 is 0.926 bits per heavy atom. The topological polar surface area (TPSA) is 28.7 Å². The second kappa shape index (κ2) is 7.63. The molecule has 134 valence electrons. The molecule has 0 aliphatic heterocycles. The summed E-state index contributed by atoms with van der Waals surface area (Å²) < 4.78 is 0. The lowest BCUT2D eigenvalue weighted by atomic mass is 9.82. The van der Waals surface area contributed by atoms with Crippen molar-refractivity contribution in [3.05, 3.63) is 108 Å². The number of rotatable bonds is 3. The van der Waals surface area contributed by atoms with Gasteiger partial charge in [-0.05, 0) is 39.5 Å². The fourth-order valence-corrected chi connectivity index (χ4v) is 3.86. The van der Waals surface area contributed by atoms with Crippen LogP contribution in [0.15, 0.2) is 96.4 Å². The number of benzene rings is 2. The molecule has 0 bridgehead atoms. The summed E-state index contributed by atoms with van der Waals surface area (Å²) in [5.41, 5.74) is 6.66. The maximum Gasteiger partial charge on any atom is 0.0562 e. The van der Waals surface area contributed by atoms with E-state index < -0.39 is 0 Å². The van der Waals surface area contributed by atoms with Crippen LogP contribution in [0.4, 0.5) is 0 Å². The van der Waals surface area contributed by atoms with Crippen LogP contribution in [-0.2, 0) is 6.42 Å². The van der Waals surface area contributed by atoms with E-state index >= 15 is 0 Å². The van der Waals surface area contributed by atoms with Gasteiger partial charge in [0.15, 0.2) is 0 Å². The minimum atomic E-state index is 0.345. The van der Waals surface area contributed by atoms with Crippen LogP contribution in [0.1, 0.15) is 25.0 Å². The highest BCUT2D eigenvalue weighted by Gasteiger charge is 2.26. The Labute approximate surface area is 160 Å². The second-order valence-electron chi connectivity index (χ2n) is 6.64. The number of aromatic nitrogens is 2. The molecule has 1 heterocycles. The van der Waals surface area contributed by atoms with E-state index in [1.54, 1.807) is 0 Å². The highest BCUT2D eigenvalue weighted by Crippen LogP contribution is 2.41. The molecule has 2 aromatic carbocycles. The van der Waals surface area contributed by atoms with E-state index in [2.05, 4.69) is 83.0 Å². The van der Waals surface area contributed by atoms with Gasteiger partial charge in [0.05, 0.1) is 6.20 Å². The van der Waals surface area contributed by atoms with Crippen LogP contribution < -0.4 is 0 Å². The molecular formula is C25H24N2. The first kappa shape index (κ1) is 17.3. The molecule has 2 aliphatic carbocycles. The lowest BCUT2D eigenvalue weighted by molar-refractivity contribution is 0.970. The van der Waals surface area contributed by atoms with Gasteiger partial charge >= 0.3 is 0 Å². The van der Waals surface area contributed by atoms with Crippen molar-refractivity contribution in [2.24, 2.45) is 5.92 Å². The molecule has 2 aliphatic rings. The lowest BCUT2D eigenvalue weighted by Crippen LogP contribution is -2.07. The number of H-pyrrole nitrogens is 1. The number of hydrogen-bond donors (Lipinski definition) is 1. The summed E-state index contributed by atoms with van der Waals surface area (Å²) in [4.78, 5) is 0. The van der Waals surface area contributed by atoms with Crippen LogP contribution in [-0.4, -0.2) is 10.2 Å². The average molecular weight is 352 g/mol. The first-order chi connectivity index (χ1) is 13.4. The molecule has 1 atom stereocenters. The van der Waals surface area contributed by atoms with E-state index in [-0.39, 0.29) is 0 Å². The number of aromatic amines is 1. The maximum atomic E-state index is 4.09. The first-order valence-electron chi connectivity index (χ1n) is 9.65. The minimum absolute atomic E-state index is 0.345. The predicted molar refractivity (Wildman–Crippen MR) is 114 cm³/mol. The smallest absolute Gasteiger partial charge is 0.0562 e. The Morgan fingerprint density at radius 3 is 2.56 bits per heavy atom. The fraction of sp³-hybridized carbons (Fsp3) is 0.160. The number of hydrogen-bond acceptors (Lipinski definition) is 1. The second-order valence-corrected chi connectivity index (χ2v) is 6.64. The van der Waals surface area contributed by atoms with E-state index in [9.17, 15) is 0 Å². The normalized spacial score (nSPS) is 17.6. The summed E-state index contributed by atoms with van der Waals surface area (Å²) in [6.45, 7) is 4.00. The molecule has 1 unspecified atom stereocenters. The summed E-state index contributed by atoms with van der Waals surface area (Å²) in [6.07, 6.45) is 16.1. The monoisotopic (exact) mass is 352 g/mol. The van der Waals surface area contributed by atoms with Gasteiger partial charge in [-0.1, -0.05) is 86.7 Å². The van der Waals surface area contributed by atoms with Crippen LogP contribution >= 0.6 is 0 Å². The van der Waals surface area contributed by atoms with Crippen molar-refractivity contribution in [2.45, 2.75) is 20.3 Å². The molecule has 27 heavy (non-hydrogen) atoms. The molecule has 0 fully saturated rings. The highest BCUT2D eigenvalue weighted by molar-refractivity contribution is 5.83. The summed E-state index contributed by atoms with van der Waals surface area (Å²) in [6, 6.07) is 15.3. The Kier molecular flexibility index (Phi) is 4.88. The largest absolute Gasteiger partial charge is 0.285 e. The van der Waals surface area contributed by atoms with Gasteiger partial charge < -0.3 is 0 Å². The quantitative estimate of drug-likeness (QED) is 0.591. The molecule has 0 spiro atoms. The molecule has 0 saturated heterocycles. The van der Waals surface area contributed by atoms with Crippen LogP contribution in [0, 0.1) is 5.92 Å². The van der Waals surface area contributed by atoms with Gasteiger partial charge in [0.1, 0.15) is 0 Å². The van der Waals surface area contributed by atoms with Gasteiger partial charge in [0.2, 0.25) is 0 Å². The van der Waals surface area contributed by atoms with Crippen molar-refractivity contribution in [1.29, 1.82) is 0 Å². The Morgan fingerprint density at radius 2 is 1.74 bits per heavy atom.